The molecule has 0 aliphatic carbocycles. The molecular weight excluding hydrogens is 386 g/mol. The minimum atomic E-state index is -0.650. The van der Waals surface area contributed by atoms with E-state index in [1.54, 1.807) is 30.1 Å². The molecule has 4 heterocycles. The molecule has 0 spiro atoms. The number of nitrogens with one attached hydrogen (secondary N) is 1. The number of piperidine rings is 1. The number of imide groups is 1. The first-order chi connectivity index (χ1) is 14.5. The quantitative estimate of drug-likeness (QED) is 0.625. The number of hydrogen-bond donors (Lipinski definition) is 2. The molecule has 1 atom stereocenters. The van der Waals surface area contributed by atoms with Crippen LogP contribution in [0.4, 0.5) is 0 Å². The maximum absolute atomic E-state index is 12.9. The van der Waals surface area contributed by atoms with Gasteiger partial charge in [-0.05, 0) is 30.2 Å². The molecule has 3 aromatic rings. The number of pyridine rings is 1. The lowest BCUT2D eigenvalue weighted by atomic mass is 10.0. The molecule has 1 aromatic carbocycles. The summed E-state index contributed by atoms with van der Waals surface area (Å²) in [6.07, 6.45) is 2.24. The van der Waals surface area contributed by atoms with Crippen molar-refractivity contribution in [1.29, 1.82) is 0 Å². The van der Waals surface area contributed by atoms with E-state index in [2.05, 4.69) is 15.4 Å². The Bertz CT molecular complexity index is 1230. The molecule has 2 N–H and O–H groups in total. The van der Waals surface area contributed by atoms with E-state index in [4.69, 9.17) is 0 Å². The van der Waals surface area contributed by atoms with Crippen LogP contribution in [-0.2, 0) is 29.8 Å². The van der Waals surface area contributed by atoms with E-state index in [1.165, 1.54) is 4.90 Å². The molecule has 3 amide bonds. The molecule has 1 unspecified atom stereocenters. The fourth-order valence-corrected chi connectivity index (χ4v) is 4.21. The number of hydrogen-bond acceptors (Lipinski definition) is 6. The van der Waals surface area contributed by atoms with Crippen molar-refractivity contribution < 1.29 is 19.5 Å². The fraction of sp³-hybridized carbons (Fsp3) is 0.286. The molecule has 0 bridgehead atoms. The third-order valence-electron chi connectivity index (χ3n) is 5.75. The molecule has 9 nitrogen and oxygen atoms in total. The Morgan fingerprint density at radius 1 is 1.23 bits per heavy atom. The summed E-state index contributed by atoms with van der Waals surface area (Å²) in [5.41, 5.74) is 4.10. The number of rotatable bonds is 3. The van der Waals surface area contributed by atoms with Gasteiger partial charge >= 0.3 is 0 Å². The van der Waals surface area contributed by atoms with Crippen LogP contribution in [0.25, 0.3) is 22.3 Å². The molecule has 0 radical (unpaired) electrons. The summed E-state index contributed by atoms with van der Waals surface area (Å²) in [5, 5.41) is 17.2. The van der Waals surface area contributed by atoms with Crippen LogP contribution in [0.1, 0.15) is 34.3 Å². The number of aryl methyl sites for hydroxylation is 1. The van der Waals surface area contributed by atoms with Gasteiger partial charge in [0.05, 0.1) is 18.5 Å². The number of carbonyl (C=O) groups is 3. The van der Waals surface area contributed by atoms with Crippen molar-refractivity contribution in [3.8, 4) is 11.3 Å². The molecule has 2 aromatic heterocycles. The zero-order chi connectivity index (χ0) is 21.0. The first kappa shape index (κ1) is 18.4. The van der Waals surface area contributed by atoms with Gasteiger partial charge in [0.25, 0.3) is 5.91 Å². The van der Waals surface area contributed by atoms with Gasteiger partial charge in [-0.3, -0.25) is 24.4 Å². The van der Waals surface area contributed by atoms with Crippen LogP contribution in [0.2, 0.25) is 0 Å². The van der Waals surface area contributed by atoms with Crippen LogP contribution >= 0.6 is 0 Å². The van der Waals surface area contributed by atoms with Crippen molar-refractivity contribution in [2.75, 3.05) is 0 Å². The number of carbonyl (C=O) groups excluding carboxylic acids is 3. The van der Waals surface area contributed by atoms with Gasteiger partial charge in [0.2, 0.25) is 11.8 Å². The molecule has 2 aliphatic heterocycles. The molecule has 2 aliphatic rings. The highest BCUT2D eigenvalue weighted by atomic mass is 16.3. The normalized spacial score (nSPS) is 18.8. The number of benzene rings is 1. The summed E-state index contributed by atoms with van der Waals surface area (Å²) in [6, 6.07) is 6.62. The minimum absolute atomic E-state index is 0.175. The Labute approximate surface area is 171 Å². The van der Waals surface area contributed by atoms with Gasteiger partial charge in [-0.25, -0.2) is 4.98 Å². The van der Waals surface area contributed by atoms with E-state index in [0.29, 0.717) is 28.9 Å². The SMILES string of the molecule is Cn1ncc2cc(CO)c(-c3ccc4c(c3)CN(C3CCC(=O)NC3=O)C4=O)nc21. The number of nitrogens with zero attached hydrogens (tertiary/aromatic N) is 4. The highest BCUT2D eigenvalue weighted by Gasteiger charge is 2.39. The minimum Gasteiger partial charge on any atom is -0.392 e. The Hall–Kier alpha value is -3.59. The van der Waals surface area contributed by atoms with Gasteiger partial charge in [0, 0.05) is 42.1 Å². The summed E-state index contributed by atoms with van der Waals surface area (Å²) in [4.78, 5) is 42.7. The van der Waals surface area contributed by atoms with Crippen molar-refractivity contribution in [2.24, 2.45) is 7.05 Å². The summed E-state index contributed by atoms with van der Waals surface area (Å²) >= 11 is 0. The lowest BCUT2D eigenvalue weighted by Gasteiger charge is -2.29. The third-order valence-corrected chi connectivity index (χ3v) is 5.75. The molecule has 5 rings (SSSR count). The van der Waals surface area contributed by atoms with Crippen LogP contribution < -0.4 is 5.32 Å². The van der Waals surface area contributed by atoms with Crippen LogP contribution in [0.3, 0.4) is 0 Å². The Morgan fingerprint density at radius 3 is 2.83 bits per heavy atom. The molecular formula is C21H19N5O4. The monoisotopic (exact) mass is 405 g/mol. The predicted octanol–water partition coefficient (Wildman–Crippen LogP) is 0.889. The molecule has 30 heavy (non-hydrogen) atoms. The van der Waals surface area contributed by atoms with E-state index in [-0.39, 0.29) is 31.4 Å². The van der Waals surface area contributed by atoms with Crippen LogP contribution in [0, 0.1) is 0 Å². The Morgan fingerprint density at radius 2 is 2.07 bits per heavy atom. The van der Waals surface area contributed by atoms with Gasteiger partial charge < -0.3 is 10.0 Å². The Kier molecular flexibility index (Phi) is 4.14. The zero-order valence-electron chi connectivity index (χ0n) is 16.3. The highest BCUT2D eigenvalue weighted by Crippen LogP contribution is 2.32. The van der Waals surface area contributed by atoms with E-state index in [1.807, 2.05) is 12.1 Å². The van der Waals surface area contributed by atoms with Gasteiger partial charge in [0.15, 0.2) is 5.65 Å². The lowest BCUT2D eigenvalue weighted by molar-refractivity contribution is -0.136. The van der Waals surface area contributed by atoms with Crippen LogP contribution in [0.15, 0.2) is 30.5 Å². The van der Waals surface area contributed by atoms with Crippen molar-refractivity contribution in [3.63, 3.8) is 0 Å². The van der Waals surface area contributed by atoms with E-state index in [9.17, 15) is 19.5 Å². The second-order valence-corrected chi connectivity index (χ2v) is 7.61. The van der Waals surface area contributed by atoms with Crippen molar-refractivity contribution in [1.82, 2.24) is 25.0 Å². The number of aliphatic hydroxyl groups excluding tert-OH is 1. The summed E-state index contributed by atoms with van der Waals surface area (Å²) in [6.45, 7) is 0.113. The lowest BCUT2D eigenvalue weighted by Crippen LogP contribution is -2.52. The largest absolute Gasteiger partial charge is 0.392 e. The van der Waals surface area contributed by atoms with Gasteiger partial charge in [-0.15, -0.1) is 0 Å². The smallest absolute Gasteiger partial charge is 0.255 e. The van der Waals surface area contributed by atoms with Crippen molar-refractivity contribution >= 4 is 28.8 Å². The maximum Gasteiger partial charge on any atom is 0.255 e. The van der Waals surface area contributed by atoms with E-state index >= 15 is 0 Å². The van der Waals surface area contributed by atoms with Crippen LogP contribution in [-0.4, -0.2) is 48.5 Å². The molecule has 1 saturated heterocycles. The average Bonchev–Trinajstić information content (AvgIpc) is 3.26. The number of aromatic nitrogens is 3. The highest BCUT2D eigenvalue weighted by molar-refractivity contribution is 6.05. The van der Waals surface area contributed by atoms with Crippen molar-refractivity contribution in [3.05, 3.63) is 47.2 Å². The number of amides is 3. The Balaban J connectivity index is 1.52. The number of aliphatic hydroxyl groups is 1. The maximum atomic E-state index is 12.9. The molecule has 0 saturated carbocycles. The zero-order valence-corrected chi connectivity index (χ0v) is 16.3. The summed E-state index contributed by atoms with van der Waals surface area (Å²) < 4.78 is 1.67. The van der Waals surface area contributed by atoms with E-state index < -0.39 is 11.9 Å². The second-order valence-electron chi connectivity index (χ2n) is 7.61. The standard InChI is InChI=1S/C21H19N5O4/c1-25-19-12(8-22-25)7-14(10-27)18(24-19)11-2-3-15-13(6-11)9-26(21(15)30)16-4-5-17(28)23-20(16)29/h2-3,6-8,16,27H,4-5,9-10H2,1H3,(H,23,28,29). The average molecular weight is 405 g/mol. The molecule has 1 fully saturated rings. The second kappa shape index (κ2) is 6.74. The van der Waals surface area contributed by atoms with Crippen LogP contribution in [0.5, 0.6) is 0 Å². The molecule has 9 heteroatoms. The third kappa shape index (κ3) is 2.78. The van der Waals surface area contributed by atoms with Gasteiger partial charge in [-0.2, -0.15) is 5.10 Å². The summed E-state index contributed by atoms with van der Waals surface area (Å²) in [5.74, 6) is -0.960. The van der Waals surface area contributed by atoms with Crippen molar-refractivity contribution in [2.45, 2.75) is 32.0 Å². The van der Waals surface area contributed by atoms with Gasteiger partial charge in [0.1, 0.15) is 6.04 Å². The predicted molar refractivity (Wildman–Crippen MR) is 106 cm³/mol. The van der Waals surface area contributed by atoms with Gasteiger partial charge in [-0.1, -0.05) is 6.07 Å². The van der Waals surface area contributed by atoms with E-state index in [0.717, 1.165) is 16.5 Å². The first-order valence-corrected chi connectivity index (χ1v) is 9.66. The topological polar surface area (TPSA) is 117 Å². The molecule has 152 valence electrons. The number of fused-ring (bicyclic) bond motifs is 2. The summed E-state index contributed by atoms with van der Waals surface area (Å²) in [7, 11) is 1.80. The first-order valence-electron chi connectivity index (χ1n) is 9.66. The fourth-order valence-electron chi connectivity index (χ4n) is 4.21.